The number of aliphatic hydroxyl groups excluding tert-OH is 1. The first-order valence-electron chi connectivity index (χ1n) is 3.92. The minimum Gasteiger partial charge on any atom is -0.481 e. The van der Waals surface area contributed by atoms with Crippen molar-refractivity contribution in [1.29, 1.82) is 0 Å². The third kappa shape index (κ3) is 7.14. The molecule has 0 aliphatic heterocycles. The molecule has 0 fully saturated rings. The molecular formula is C8H12O5. The first kappa shape index (κ1) is 11.8. The number of hydrogen-bond acceptors (Lipinski definition) is 4. The third-order valence-electron chi connectivity index (χ3n) is 1.36. The lowest BCUT2D eigenvalue weighted by atomic mass is 10.1. The molecule has 0 aliphatic carbocycles. The zero-order chi connectivity index (χ0) is 10.3. The van der Waals surface area contributed by atoms with Crippen molar-refractivity contribution < 1.29 is 24.6 Å². The van der Waals surface area contributed by atoms with Crippen molar-refractivity contribution >= 4 is 17.5 Å². The zero-order valence-corrected chi connectivity index (χ0v) is 7.15. The van der Waals surface area contributed by atoms with Gasteiger partial charge in [-0.3, -0.25) is 14.4 Å². The highest BCUT2D eigenvalue weighted by Gasteiger charge is 2.12. The van der Waals surface area contributed by atoms with Gasteiger partial charge in [-0.1, -0.05) is 0 Å². The summed E-state index contributed by atoms with van der Waals surface area (Å²) in [5.74, 6) is -2.13. The molecule has 0 rings (SSSR count). The van der Waals surface area contributed by atoms with Gasteiger partial charge in [-0.15, -0.1) is 0 Å². The fourth-order valence-electron chi connectivity index (χ4n) is 0.816. The van der Waals surface area contributed by atoms with Crippen molar-refractivity contribution in [1.82, 2.24) is 0 Å². The van der Waals surface area contributed by atoms with Crippen LogP contribution < -0.4 is 0 Å². The first-order valence-corrected chi connectivity index (χ1v) is 3.92. The van der Waals surface area contributed by atoms with Crippen molar-refractivity contribution in [2.45, 2.75) is 25.7 Å². The summed E-state index contributed by atoms with van der Waals surface area (Å²) in [7, 11) is 0. The predicted octanol–water partition coefficient (Wildman–Crippen LogP) is -0.238. The Labute approximate surface area is 75.4 Å². The number of carbonyl (C=O) groups is 3. The van der Waals surface area contributed by atoms with Crippen LogP contribution in [-0.4, -0.2) is 34.4 Å². The van der Waals surface area contributed by atoms with Gasteiger partial charge >= 0.3 is 5.97 Å². The van der Waals surface area contributed by atoms with Crippen LogP contribution in [0.1, 0.15) is 25.7 Å². The molecule has 0 bridgehead atoms. The van der Waals surface area contributed by atoms with Crippen molar-refractivity contribution in [2.75, 3.05) is 6.61 Å². The standard InChI is InChI=1S/C8H12O5/c9-3-1-2-6(10)4-7(11)5-8(12)13/h9H,1-5H2,(H,12,13). The average Bonchev–Trinajstić information content (AvgIpc) is 1.98. The van der Waals surface area contributed by atoms with Gasteiger partial charge < -0.3 is 10.2 Å². The summed E-state index contributed by atoms with van der Waals surface area (Å²) < 4.78 is 0. The number of ketones is 2. The van der Waals surface area contributed by atoms with Crippen molar-refractivity contribution in [3.05, 3.63) is 0 Å². The number of aliphatic carboxylic acids is 1. The van der Waals surface area contributed by atoms with Crippen LogP contribution in [0.4, 0.5) is 0 Å². The number of carboxylic acid groups (broad SMARTS) is 1. The maximum absolute atomic E-state index is 10.9. The van der Waals surface area contributed by atoms with Crippen molar-refractivity contribution in [3.8, 4) is 0 Å². The van der Waals surface area contributed by atoms with Crippen LogP contribution in [0.15, 0.2) is 0 Å². The highest BCUT2D eigenvalue weighted by Crippen LogP contribution is 1.98. The van der Waals surface area contributed by atoms with Gasteiger partial charge in [0.25, 0.3) is 0 Å². The fraction of sp³-hybridized carbons (Fsp3) is 0.625. The summed E-state index contributed by atoms with van der Waals surface area (Å²) in [5.41, 5.74) is 0. The molecule has 0 aromatic rings. The largest absolute Gasteiger partial charge is 0.481 e. The van der Waals surface area contributed by atoms with Gasteiger partial charge in [-0.25, -0.2) is 0 Å². The van der Waals surface area contributed by atoms with Crippen LogP contribution in [0.25, 0.3) is 0 Å². The topological polar surface area (TPSA) is 91.7 Å². The molecule has 0 heterocycles. The zero-order valence-electron chi connectivity index (χ0n) is 7.15. The fourth-order valence-corrected chi connectivity index (χ4v) is 0.816. The highest BCUT2D eigenvalue weighted by molar-refractivity contribution is 6.05. The SMILES string of the molecule is O=C(O)CC(=O)CC(=O)CCCO. The molecule has 74 valence electrons. The maximum Gasteiger partial charge on any atom is 0.310 e. The third-order valence-corrected chi connectivity index (χ3v) is 1.36. The summed E-state index contributed by atoms with van der Waals surface area (Å²) in [6.45, 7) is -0.0984. The van der Waals surface area contributed by atoms with Gasteiger partial charge in [0, 0.05) is 13.0 Å². The van der Waals surface area contributed by atoms with E-state index in [2.05, 4.69) is 0 Å². The minimum atomic E-state index is -1.22. The molecule has 0 saturated carbocycles. The van der Waals surface area contributed by atoms with Crippen LogP contribution in [0.5, 0.6) is 0 Å². The van der Waals surface area contributed by atoms with E-state index >= 15 is 0 Å². The summed E-state index contributed by atoms with van der Waals surface area (Å²) >= 11 is 0. The van der Waals surface area contributed by atoms with Gasteiger partial charge in [0.2, 0.25) is 0 Å². The van der Waals surface area contributed by atoms with E-state index in [4.69, 9.17) is 10.2 Å². The van der Waals surface area contributed by atoms with Crippen LogP contribution in [0.3, 0.4) is 0 Å². The van der Waals surface area contributed by atoms with Gasteiger partial charge in [0.15, 0.2) is 5.78 Å². The van der Waals surface area contributed by atoms with E-state index in [1.165, 1.54) is 0 Å². The Morgan fingerprint density at radius 1 is 1.00 bits per heavy atom. The predicted molar refractivity (Wildman–Crippen MR) is 43.2 cm³/mol. The quantitative estimate of drug-likeness (QED) is 0.538. The smallest absolute Gasteiger partial charge is 0.310 e. The van der Waals surface area contributed by atoms with Crippen molar-refractivity contribution in [3.63, 3.8) is 0 Å². The van der Waals surface area contributed by atoms with E-state index in [0.29, 0.717) is 6.42 Å². The molecule has 0 unspecified atom stereocenters. The number of hydrogen-bond donors (Lipinski definition) is 2. The Balaban J connectivity index is 3.65. The molecule has 5 nitrogen and oxygen atoms in total. The van der Waals surface area contributed by atoms with E-state index in [1.807, 2.05) is 0 Å². The second-order valence-corrected chi connectivity index (χ2v) is 2.65. The van der Waals surface area contributed by atoms with Crippen LogP contribution in [0, 0.1) is 0 Å². The van der Waals surface area contributed by atoms with E-state index in [0.717, 1.165) is 0 Å². The molecule has 0 amide bonds. The van der Waals surface area contributed by atoms with Crippen molar-refractivity contribution in [2.24, 2.45) is 0 Å². The van der Waals surface area contributed by atoms with Crippen LogP contribution >= 0.6 is 0 Å². The summed E-state index contributed by atoms with van der Waals surface area (Å²) in [5, 5.41) is 16.6. The lowest BCUT2D eigenvalue weighted by Gasteiger charge is -1.96. The number of Topliss-reactive ketones (excluding diaryl/α,β-unsaturated/α-hetero) is 2. The average molecular weight is 188 g/mol. The Kier molecular flexibility index (Phi) is 5.71. The maximum atomic E-state index is 10.9. The number of rotatable bonds is 7. The molecular weight excluding hydrogens is 176 g/mol. The second kappa shape index (κ2) is 6.30. The highest BCUT2D eigenvalue weighted by atomic mass is 16.4. The lowest BCUT2D eigenvalue weighted by molar-refractivity contribution is -0.140. The Morgan fingerprint density at radius 3 is 2.08 bits per heavy atom. The van der Waals surface area contributed by atoms with Gasteiger partial charge in [0.05, 0.1) is 6.42 Å². The molecule has 2 N–H and O–H groups in total. The number of carboxylic acids is 1. The van der Waals surface area contributed by atoms with Gasteiger partial charge in [0.1, 0.15) is 12.2 Å². The molecule has 0 atom stereocenters. The molecule has 13 heavy (non-hydrogen) atoms. The Morgan fingerprint density at radius 2 is 1.62 bits per heavy atom. The Bertz CT molecular complexity index is 209. The van der Waals surface area contributed by atoms with Crippen LogP contribution in [-0.2, 0) is 14.4 Å². The summed E-state index contributed by atoms with van der Waals surface area (Å²) in [6, 6.07) is 0. The molecule has 0 aromatic heterocycles. The number of carbonyl (C=O) groups excluding carboxylic acids is 2. The van der Waals surface area contributed by atoms with Gasteiger partial charge in [-0.05, 0) is 6.42 Å². The molecule has 0 radical (unpaired) electrons. The van der Waals surface area contributed by atoms with E-state index < -0.39 is 18.2 Å². The minimum absolute atomic E-state index is 0.0984. The van der Waals surface area contributed by atoms with E-state index in [1.54, 1.807) is 0 Å². The molecule has 5 heteroatoms. The second-order valence-electron chi connectivity index (χ2n) is 2.65. The lowest BCUT2D eigenvalue weighted by Crippen LogP contribution is -2.12. The van der Waals surface area contributed by atoms with E-state index in [9.17, 15) is 14.4 Å². The normalized spacial score (nSPS) is 9.62. The summed E-state index contributed by atoms with van der Waals surface area (Å²) in [6.07, 6.45) is -0.502. The molecule has 0 aliphatic rings. The number of aliphatic hydroxyl groups is 1. The first-order chi connectivity index (χ1) is 6.06. The van der Waals surface area contributed by atoms with E-state index in [-0.39, 0.29) is 25.2 Å². The van der Waals surface area contributed by atoms with Crippen LogP contribution in [0.2, 0.25) is 0 Å². The summed E-state index contributed by atoms with van der Waals surface area (Å²) in [4.78, 5) is 31.7. The Hall–Kier alpha value is -1.23. The monoisotopic (exact) mass is 188 g/mol. The van der Waals surface area contributed by atoms with Gasteiger partial charge in [-0.2, -0.15) is 0 Å². The molecule has 0 aromatic carbocycles. The molecule has 0 saturated heterocycles. The molecule has 0 spiro atoms.